The van der Waals surface area contributed by atoms with Crippen LogP contribution >= 0.6 is 0 Å². The van der Waals surface area contributed by atoms with Crippen molar-refractivity contribution in [3.63, 3.8) is 0 Å². The molecule has 0 aliphatic carbocycles. The van der Waals surface area contributed by atoms with E-state index in [2.05, 4.69) is 30.4 Å². The molecule has 1 aromatic heterocycles. The van der Waals surface area contributed by atoms with Gasteiger partial charge in [-0.15, -0.1) is 0 Å². The highest BCUT2D eigenvalue weighted by atomic mass is 19.1. The van der Waals surface area contributed by atoms with Crippen LogP contribution in [0.4, 0.5) is 4.39 Å². The highest BCUT2D eigenvalue weighted by Gasteiger charge is 2.28. The van der Waals surface area contributed by atoms with Gasteiger partial charge in [-0.2, -0.15) is 0 Å². The lowest BCUT2D eigenvalue weighted by Crippen LogP contribution is -2.49. The van der Waals surface area contributed by atoms with Crippen molar-refractivity contribution in [3.05, 3.63) is 76.8 Å². The lowest BCUT2D eigenvalue weighted by Gasteiger charge is -2.35. The van der Waals surface area contributed by atoms with Gasteiger partial charge in [0.25, 0.3) is 5.91 Å². The zero-order chi connectivity index (χ0) is 29.8. The minimum Gasteiger partial charge on any atom is -0.478 e. The first kappa shape index (κ1) is 29.1. The standard InChI is InChI=1S/C32H41FN8O2/c1-2-43-30-19-35-25(18-36-30)21-39-9-7-24(8-10-39)26-15-28-29(16-27(26)33)38-31(37-28)32(42)41-13-11-40(12-14-41)20-23-5-3-22(17-34)4-6-23/h3-6,15-17,19,24-25,34-36H,2,7-14,18,20-21H2,1H3,(H,37,38). The largest absolute Gasteiger partial charge is 0.478 e. The molecule has 0 bridgehead atoms. The number of aromatic amines is 1. The number of amides is 1. The predicted molar refractivity (Wildman–Crippen MR) is 165 cm³/mol. The van der Waals surface area contributed by atoms with Gasteiger partial charge in [0.2, 0.25) is 5.88 Å². The van der Waals surface area contributed by atoms with Crippen LogP contribution in [0.25, 0.3) is 11.0 Å². The predicted octanol–water partition coefficient (Wildman–Crippen LogP) is 3.23. The van der Waals surface area contributed by atoms with Crippen molar-refractivity contribution in [3.8, 4) is 0 Å². The van der Waals surface area contributed by atoms with Crippen LogP contribution in [-0.4, -0.2) is 102 Å². The average Bonchev–Trinajstić information content (AvgIpc) is 3.45. The monoisotopic (exact) mass is 588 g/mol. The van der Waals surface area contributed by atoms with Gasteiger partial charge in [0.1, 0.15) is 5.82 Å². The summed E-state index contributed by atoms with van der Waals surface area (Å²) in [5.74, 6) is 0.806. The molecule has 2 saturated heterocycles. The van der Waals surface area contributed by atoms with Crippen molar-refractivity contribution in [2.75, 3.05) is 59.0 Å². The number of carbonyl (C=O) groups excluding carboxylic acids is 1. The summed E-state index contributed by atoms with van der Waals surface area (Å²) in [6.45, 7) is 9.76. The zero-order valence-electron chi connectivity index (χ0n) is 24.7. The smallest absolute Gasteiger partial charge is 0.289 e. The van der Waals surface area contributed by atoms with Crippen LogP contribution in [-0.2, 0) is 11.3 Å². The fraction of sp³-hybridized carbons (Fsp3) is 0.469. The first-order valence-electron chi connectivity index (χ1n) is 15.3. The molecule has 11 heteroatoms. The number of H-pyrrole nitrogens is 1. The Kier molecular flexibility index (Phi) is 8.90. The molecule has 1 unspecified atom stereocenters. The molecule has 2 fully saturated rings. The van der Waals surface area contributed by atoms with E-state index in [1.165, 1.54) is 17.8 Å². The number of benzene rings is 2. The third-order valence-electron chi connectivity index (χ3n) is 8.79. The van der Waals surface area contributed by atoms with Crippen molar-refractivity contribution in [2.45, 2.75) is 38.3 Å². The molecule has 10 nitrogen and oxygen atoms in total. The number of imidazole rings is 1. The SMILES string of the molecule is CCOC1=CNC(CN2CCC(c3cc4[nH]c(C(=O)N5CCN(Cc6ccc(C=N)cc6)CC5)nc4cc3F)CC2)CN1. The maximum absolute atomic E-state index is 15.3. The summed E-state index contributed by atoms with van der Waals surface area (Å²) in [6.07, 6.45) is 5.02. The Bertz CT molecular complexity index is 1460. The summed E-state index contributed by atoms with van der Waals surface area (Å²) >= 11 is 0. The Morgan fingerprint density at radius 1 is 1.09 bits per heavy atom. The minimum absolute atomic E-state index is 0.138. The first-order chi connectivity index (χ1) is 21.0. The Balaban J connectivity index is 1.02. The molecule has 43 heavy (non-hydrogen) atoms. The van der Waals surface area contributed by atoms with Crippen LogP contribution in [0, 0.1) is 11.2 Å². The average molecular weight is 589 g/mol. The number of piperidine rings is 1. The van der Waals surface area contributed by atoms with E-state index in [0.29, 0.717) is 42.3 Å². The van der Waals surface area contributed by atoms with Crippen LogP contribution in [0.3, 0.4) is 0 Å². The van der Waals surface area contributed by atoms with E-state index in [4.69, 9.17) is 10.1 Å². The van der Waals surface area contributed by atoms with Crippen LogP contribution in [0.15, 0.2) is 48.5 Å². The number of carbonyl (C=O) groups is 1. The summed E-state index contributed by atoms with van der Waals surface area (Å²) in [7, 11) is 0. The van der Waals surface area contributed by atoms with E-state index in [-0.39, 0.29) is 23.5 Å². The molecule has 1 atom stereocenters. The van der Waals surface area contributed by atoms with Crippen LogP contribution in [0.1, 0.15) is 53.0 Å². The number of hydrogen-bond donors (Lipinski definition) is 4. The minimum atomic E-state index is -0.245. The third kappa shape index (κ3) is 6.83. The lowest BCUT2D eigenvalue weighted by atomic mass is 9.88. The number of ether oxygens (including phenoxy) is 1. The fourth-order valence-electron chi connectivity index (χ4n) is 6.33. The topological polar surface area (TPSA) is 113 Å². The molecular formula is C32H41FN8O2. The zero-order valence-corrected chi connectivity index (χ0v) is 24.7. The Labute approximate surface area is 251 Å². The summed E-state index contributed by atoms with van der Waals surface area (Å²) in [5.41, 5.74) is 3.99. The maximum Gasteiger partial charge on any atom is 0.289 e. The van der Waals surface area contributed by atoms with Gasteiger partial charge >= 0.3 is 0 Å². The second-order valence-electron chi connectivity index (χ2n) is 11.7. The van der Waals surface area contributed by atoms with Crippen molar-refractivity contribution < 1.29 is 13.9 Å². The normalized spacial score (nSPS) is 20.4. The van der Waals surface area contributed by atoms with Gasteiger partial charge in [-0.3, -0.25) is 9.69 Å². The molecule has 3 aliphatic rings. The Hall–Kier alpha value is -3.96. The van der Waals surface area contributed by atoms with Crippen LogP contribution in [0.5, 0.6) is 0 Å². The molecule has 3 aliphatic heterocycles. The van der Waals surface area contributed by atoms with E-state index in [0.717, 1.165) is 70.1 Å². The molecule has 228 valence electrons. The van der Waals surface area contributed by atoms with Gasteiger partial charge in [-0.1, -0.05) is 24.3 Å². The van der Waals surface area contributed by atoms with Crippen molar-refractivity contribution >= 4 is 23.2 Å². The summed E-state index contributed by atoms with van der Waals surface area (Å²) in [6, 6.07) is 11.6. The second-order valence-corrected chi connectivity index (χ2v) is 11.7. The maximum atomic E-state index is 15.3. The quantitative estimate of drug-likeness (QED) is 0.284. The van der Waals surface area contributed by atoms with E-state index < -0.39 is 0 Å². The number of nitrogens with zero attached hydrogens (tertiary/aromatic N) is 4. The lowest BCUT2D eigenvalue weighted by molar-refractivity contribution is 0.0618. The highest BCUT2D eigenvalue weighted by molar-refractivity contribution is 5.94. The van der Waals surface area contributed by atoms with Gasteiger partial charge in [-0.25, -0.2) is 9.37 Å². The van der Waals surface area contributed by atoms with Crippen molar-refractivity contribution in [2.24, 2.45) is 0 Å². The number of likely N-dealkylation sites (tertiary alicyclic amines) is 1. The number of hydrogen-bond acceptors (Lipinski definition) is 8. The van der Waals surface area contributed by atoms with E-state index in [1.807, 2.05) is 48.4 Å². The third-order valence-corrected chi connectivity index (χ3v) is 8.79. The van der Waals surface area contributed by atoms with Gasteiger partial charge in [-0.05, 0) is 61.5 Å². The molecule has 0 radical (unpaired) electrons. The summed E-state index contributed by atoms with van der Waals surface area (Å²) < 4.78 is 20.8. The van der Waals surface area contributed by atoms with Crippen molar-refractivity contribution in [1.29, 1.82) is 5.41 Å². The first-order valence-corrected chi connectivity index (χ1v) is 15.3. The van der Waals surface area contributed by atoms with Gasteiger partial charge in [0.15, 0.2) is 5.82 Å². The van der Waals surface area contributed by atoms with E-state index >= 15 is 4.39 Å². The molecule has 3 aromatic rings. The van der Waals surface area contributed by atoms with E-state index in [9.17, 15) is 4.79 Å². The molecule has 4 heterocycles. The number of piperazine rings is 1. The van der Waals surface area contributed by atoms with Crippen LogP contribution < -0.4 is 10.6 Å². The second kappa shape index (κ2) is 13.1. The molecule has 6 rings (SSSR count). The molecule has 4 N–H and O–H groups in total. The highest BCUT2D eigenvalue weighted by Crippen LogP contribution is 2.32. The number of aromatic nitrogens is 2. The number of rotatable bonds is 9. The van der Waals surface area contributed by atoms with Gasteiger partial charge in [0.05, 0.1) is 29.9 Å². The van der Waals surface area contributed by atoms with Crippen LogP contribution in [0.2, 0.25) is 0 Å². The Morgan fingerprint density at radius 2 is 1.86 bits per heavy atom. The summed E-state index contributed by atoms with van der Waals surface area (Å²) in [5, 5.41) is 14.1. The van der Waals surface area contributed by atoms with E-state index in [1.54, 1.807) is 0 Å². The molecule has 0 spiro atoms. The van der Waals surface area contributed by atoms with Crippen molar-refractivity contribution in [1.82, 2.24) is 35.3 Å². The molecule has 1 amide bonds. The molecular weight excluding hydrogens is 547 g/mol. The number of halogens is 1. The van der Waals surface area contributed by atoms with Gasteiger partial charge in [0, 0.05) is 58.1 Å². The molecule has 2 aromatic carbocycles. The number of nitrogens with one attached hydrogen (secondary N) is 4. The Morgan fingerprint density at radius 3 is 2.53 bits per heavy atom. The van der Waals surface area contributed by atoms with Gasteiger partial charge < -0.3 is 35.6 Å². The molecule has 0 saturated carbocycles. The summed E-state index contributed by atoms with van der Waals surface area (Å²) in [4.78, 5) is 27.6. The fourth-order valence-corrected chi connectivity index (χ4v) is 6.33. The number of fused-ring (bicyclic) bond motifs is 1.